The van der Waals surface area contributed by atoms with Gasteiger partial charge in [-0.1, -0.05) is 6.07 Å². The van der Waals surface area contributed by atoms with E-state index in [4.69, 9.17) is 14.7 Å². The molecule has 20 heavy (non-hydrogen) atoms. The molecule has 1 aromatic rings. The summed E-state index contributed by atoms with van der Waals surface area (Å²) >= 11 is 0. The van der Waals surface area contributed by atoms with Gasteiger partial charge in [0, 0.05) is 0 Å². The van der Waals surface area contributed by atoms with Gasteiger partial charge in [0.25, 0.3) is 0 Å². The number of rotatable bonds is 5. The van der Waals surface area contributed by atoms with Crippen molar-refractivity contribution in [2.45, 2.75) is 38.9 Å². The van der Waals surface area contributed by atoms with Gasteiger partial charge in [-0.05, 0) is 45.3 Å². The van der Waals surface area contributed by atoms with Crippen LogP contribution in [0.15, 0.2) is 18.2 Å². The number of aliphatic hydroxyl groups is 1. The van der Waals surface area contributed by atoms with Crippen molar-refractivity contribution in [2.75, 3.05) is 7.11 Å². The van der Waals surface area contributed by atoms with Gasteiger partial charge in [-0.2, -0.15) is 5.26 Å². The molecule has 0 saturated heterocycles. The smallest absolute Gasteiger partial charge is 0.491 e. The number of methoxy groups -OCH3 is 1. The number of hydrogen-bond acceptors (Lipinski definition) is 5. The molecule has 0 fully saturated rings. The molecule has 0 aliphatic heterocycles. The largest absolute Gasteiger partial charge is 0.495 e. The minimum Gasteiger partial charge on any atom is -0.495 e. The second-order valence-corrected chi connectivity index (χ2v) is 5.61. The van der Waals surface area contributed by atoms with E-state index in [1.165, 1.54) is 13.2 Å². The average Bonchev–Trinajstić information content (AvgIpc) is 2.35. The summed E-state index contributed by atoms with van der Waals surface area (Å²) in [6.07, 6.45) is 0. The molecule has 5 nitrogen and oxygen atoms in total. The van der Waals surface area contributed by atoms with E-state index < -0.39 is 18.3 Å². The van der Waals surface area contributed by atoms with Gasteiger partial charge in [-0.15, -0.1) is 0 Å². The zero-order valence-corrected chi connectivity index (χ0v) is 12.5. The summed E-state index contributed by atoms with van der Waals surface area (Å²) in [5.74, 6) is 0.435. The molecule has 0 unspecified atom stereocenters. The van der Waals surface area contributed by atoms with E-state index in [1.54, 1.807) is 39.8 Å². The van der Waals surface area contributed by atoms with Gasteiger partial charge in [0.15, 0.2) is 0 Å². The first-order valence-corrected chi connectivity index (χ1v) is 6.28. The van der Waals surface area contributed by atoms with E-state index in [2.05, 4.69) is 0 Å². The monoisotopic (exact) mass is 277 g/mol. The van der Waals surface area contributed by atoms with Crippen LogP contribution in [0.5, 0.6) is 5.75 Å². The number of nitriles is 1. The van der Waals surface area contributed by atoms with Crippen LogP contribution in [-0.2, 0) is 4.65 Å². The second-order valence-electron chi connectivity index (χ2n) is 5.61. The lowest BCUT2D eigenvalue weighted by Gasteiger charge is -2.38. The molecule has 108 valence electrons. The first kappa shape index (κ1) is 16.5. The van der Waals surface area contributed by atoms with E-state index in [0.717, 1.165) is 0 Å². The Morgan fingerprint density at radius 1 is 1.25 bits per heavy atom. The lowest BCUT2D eigenvalue weighted by atomic mass is 9.76. The highest BCUT2D eigenvalue weighted by molar-refractivity contribution is 6.60. The third-order valence-corrected chi connectivity index (χ3v) is 3.51. The van der Waals surface area contributed by atoms with Crippen molar-refractivity contribution in [1.29, 1.82) is 5.26 Å². The predicted molar refractivity (Wildman–Crippen MR) is 76.8 cm³/mol. The Kier molecular flexibility index (Phi) is 4.82. The quantitative estimate of drug-likeness (QED) is 0.779. The highest BCUT2D eigenvalue weighted by Gasteiger charge is 2.39. The normalized spacial score (nSPS) is 11.9. The fourth-order valence-corrected chi connectivity index (χ4v) is 1.46. The Morgan fingerprint density at radius 2 is 1.85 bits per heavy atom. The van der Waals surface area contributed by atoms with Gasteiger partial charge in [0.1, 0.15) is 11.8 Å². The van der Waals surface area contributed by atoms with Crippen LogP contribution in [0, 0.1) is 11.3 Å². The van der Waals surface area contributed by atoms with Crippen molar-refractivity contribution < 1.29 is 19.5 Å². The second kappa shape index (κ2) is 5.84. The van der Waals surface area contributed by atoms with E-state index in [-0.39, 0.29) is 0 Å². The summed E-state index contributed by atoms with van der Waals surface area (Å²) < 4.78 is 10.6. The van der Waals surface area contributed by atoms with Crippen molar-refractivity contribution >= 4 is 12.6 Å². The summed E-state index contributed by atoms with van der Waals surface area (Å²) in [5, 5.41) is 29.2. The molecular formula is C14H20BNO4. The third kappa shape index (κ3) is 3.51. The van der Waals surface area contributed by atoms with Gasteiger partial charge in [0.2, 0.25) is 0 Å². The Bertz CT molecular complexity index is 517. The highest BCUT2D eigenvalue weighted by Crippen LogP contribution is 2.25. The molecule has 0 spiro atoms. The van der Waals surface area contributed by atoms with Crippen LogP contribution in [-0.4, -0.2) is 35.6 Å². The van der Waals surface area contributed by atoms with E-state index >= 15 is 0 Å². The maximum absolute atomic E-state index is 10.1. The highest BCUT2D eigenvalue weighted by atomic mass is 16.5. The van der Waals surface area contributed by atoms with Crippen LogP contribution in [0.4, 0.5) is 0 Å². The Labute approximate surface area is 119 Å². The summed E-state index contributed by atoms with van der Waals surface area (Å²) in [6, 6.07) is 6.71. The van der Waals surface area contributed by atoms with Gasteiger partial charge < -0.3 is 19.5 Å². The molecule has 0 aliphatic rings. The van der Waals surface area contributed by atoms with Gasteiger partial charge in [-0.25, -0.2) is 0 Å². The zero-order chi connectivity index (χ0) is 15.6. The van der Waals surface area contributed by atoms with Gasteiger partial charge >= 0.3 is 7.12 Å². The lowest BCUT2D eigenvalue weighted by Crippen LogP contribution is -2.53. The van der Waals surface area contributed by atoms with Crippen molar-refractivity contribution in [3.05, 3.63) is 23.8 Å². The van der Waals surface area contributed by atoms with Crippen molar-refractivity contribution in [1.82, 2.24) is 0 Å². The topological polar surface area (TPSA) is 82.7 Å². The molecule has 0 saturated carbocycles. The molecule has 0 radical (unpaired) electrons. The van der Waals surface area contributed by atoms with Crippen LogP contribution >= 0.6 is 0 Å². The summed E-state index contributed by atoms with van der Waals surface area (Å²) in [5.41, 5.74) is -1.34. The van der Waals surface area contributed by atoms with Crippen molar-refractivity contribution in [2.24, 2.45) is 0 Å². The number of nitrogens with zero attached hydrogens (tertiary/aromatic N) is 1. The van der Waals surface area contributed by atoms with Crippen LogP contribution in [0.2, 0.25) is 0 Å². The number of hydrogen-bond donors (Lipinski definition) is 2. The summed E-state index contributed by atoms with van der Waals surface area (Å²) in [7, 11) is 0.231. The minimum absolute atomic E-state index is 0.314. The maximum Gasteiger partial charge on any atom is 0.491 e. The minimum atomic E-state index is -1.24. The fraction of sp³-hybridized carbons (Fsp3) is 0.500. The first-order valence-electron chi connectivity index (χ1n) is 6.28. The molecule has 0 aromatic heterocycles. The van der Waals surface area contributed by atoms with Crippen molar-refractivity contribution in [3.8, 4) is 11.8 Å². The summed E-state index contributed by atoms with van der Waals surface area (Å²) in [4.78, 5) is 0. The van der Waals surface area contributed by atoms with Crippen LogP contribution < -0.4 is 10.2 Å². The SMILES string of the molecule is COc1ccc(B(O)OC(C)(C)C(C)(C)O)cc1C#N. The fourth-order valence-electron chi connectivity index (χ4n) is 1.46. The third-order valence-electron chi connectivity index (χ3n) is 3.51. The van der Waals surface area contributed by atoms with Crippen LogP contribution in [0.25, 0.3) is 0 Å². The zero-order valence-electron chi connectivity index (χ0n) is 12.5. The molecular weight excluding hydrogens is 257 g/mol. The average molecular weight is 277 g/mol. The molecule has 1 aromatic carbocycles. The number of ether oxygens (including phenoxy) is 1. The molecule has 0 amide bonds. The molecule has 2 N–H and O–H groups in total. The first-order chi connectivity index (χ1) is 9.12. The van der Waals surface area contributed by atoms with Crippen LogP contribution in [0.3, 0.4) is 0 Å². The lowest BCUT2D eigenvalue weighted by molar-refractivity contribution is -0.0982. The maximum atomic E-state index is 10.1. The van der Waals surface area contributed by atoms with Crippen LogP contribution in [0.1, 0.15) is 33.3 Å². The Hall–Kier alpha value is -1.55. The molecule has 0 aliphatic carbocycles. The number of benzene rings is 1. The van der Waals surface area contributed by atoms with E-state index in [0.29, 0.717) is 16.8 Å². The van der Waals surface area contributed by atoms with Gasteiger partial charge in [-0.3, -0.25) is 0 Å². The molecule has 0 atom stereocenters. The molecule has 6 heteroatoms. The molecule has 1 rings (SSSR count). The van der Waals surface area contributed by atoms with E-state index in [9.17, 15) is 10.1 Å². The predicted octanol–water partition coefficient (Wildman–Crippen LogP) is 0.820. The summed E-state index contributed by atoms with van der Waals surface area (Å²) in [6.45, 7) is 6.58. The molecule has 0 heterocycles. The van der Waals surface area contributed by atoms with E-state index in [1.807, 2.05) is 6.07 Å². The standard InChI is InChI=1S/C14H20BNO4/c1-13(2,17)14(3,4)20-15(18)11-6-7-12(19-5)10(8-11)9-16/h6-8,17-18H,1-5H3. The Balaban J connectivity index is 3.00. The Morgan fingerprint density at radius 3 is 2.30 bits per heavy atom. The van der Waals surface area contributed by atoms with Crippen molar-refractivity contribution in [3.63, 3.8) is 0 Å². The van der Waals surface area contributed by atoms with Gasteiger partial charge in [0.05, 0.1) is 23.9 Å². The molecule has 0 bridgehead atoms.